The van der Waals surface area contributed by atoms with E-state index in [1.54, 1.807) is 6.20 Å². The zero-order valence-corrected chi connectivity index (χ0v) is 9.34. The van der Waals surface area contributed by atoms with E-state index in [-0.39, 0.29) is 12.7 Å². The Kier molecular flexibility index (Phi) is 2.63. The third kappa shape index (κ3) is 1.95. The van der Waals surface area contributed by atoms with Gasteiger partial charge in [-0.25, -0.2) is 0 Å². The molecule has 17 heavy (non-hydrogen) atoms. The minimum atomic E-state index is 0.0253. The van der Waals surface area contributed by atoms with Gasteiger partial charge in [0.15, 0.2) is 0 Å². The highest BCUT2D eigenvalue weighted by Gasteiger charge is 2.30. The van der Waals surface area contributed by atoms with Crippen LogP contribution in [0, 0.1) is 0 Å². The fourth-order valence-electron chi connectivity index (χ4n) is 2.05. The van der Waals surface area contributed by atoms with Gasteiger partial charge in [-0.05, 0) is 11.6 Å². The van der Waals surface area contributed by atoms with E-state index in [4.69, 9.17) is 4.74 Å². The second kappa shape index (κ2) is 4.28. The first kappa shape index (κ1) is 10.4. The molecular weight excluding hydrogens is 214 g/mol. The summed E-state index contributed by atoms with van der Waals surface area (Å²) < 4.78 is 5.35. The Morgan fingerprint density at radius 1 is 1.24 bits per heavy atom. The van der Waals surface area contributed by atoms with Crippen molar-refractivity contribution >= 4 is 0 Å². The Morgan fingerprint density at radius 3 is 2.65 bits per heavy atom. The summed E-state index contributed by atoms with van der Waals surface area (Å²) in [6.45, 7) is 0.746. The van der Waals surface area contributed by atoms with E-state index in [9.17, 15) is 5.11 Å². The molecule has 1 fully saturated rings. The zero-order valence-electron chi connectivity index (χ0n) is 9.34. The molecule has 3 rings (SSSR count). The summed E-state index contributed by atoms with van der Waals surface area (Å²) in [5.41, 5.74) is 3.91. The number of hydrogen-bond donors (Lipinski definition) is 1. The van der Waals surface area contributed by atoms with E-state index in [1.165, 1.54) is 0 Å². The second-order valence-electron chi connectivity index (χ2n) is 4.08. The van der Waals surface area contributed by atoms with Crippen LogP contribution in [0.5, 0.6) is 0 Å². The fourth-order valence-corrected chi connectivity index (χ4v) is 2.05. The molecule has 1 atom stereocenters. The van der Waals surface area contributed by atoms with Gasteiger partial charge in [-0.1, -0.05) is 30.3 Å². The molecule has 1 aliphatic heterocycles. The first-order chi connectivity index (χ1) is 8.40. The molecule has 1 aromatic carbocycles. The van der Waals surface area contributed by atoms with Crippen LogP contribution in [0.15, 0.2) is 42.6 Å². The molecule has 2 aromatic rings. The van der Waals surface area contributed by atoms with Crippen LogP contribution in [0.1, 0.15) is 17.2 Å². The van der Waals surface area contributed by atoms with Gasteiger partial charge in [-0.2, -0.15) is 0 Å². The van der Waals surface area contributed by atoms with Crippen molar-refractivity contribution < 1.29 is 9.84 Å². The Hall–Kier alpha value is -1.71. The lowest BCUT2D eigenvalue weighted by Crippen LogP contribution is -1.99. The summed E-state index contributed by atoms with van der Waals surface area (Å²) in [5, 5.41) is 9.38. The lowest BCUT2D eigenvalue weighted by Gasteiger charge is -2.10. The lowest BCUT2D eigenvalue weighted by atomic mass is 9.99. The normalized spacial score (nSPS) is 18.1. The summed E-state index contributed by atoms with van der Waals surface area (Å²) in [6, 6.07) is 11.8. The van der Waals surface area contributed by atoms with Gasteiger partial charge in [0, 0.05) is 17.3 Å². The quantitative estimate of drug-likeness (QED) is 0.818. The zero-order chi connectivity index (χ0) is 11.7. The number of ether oxygens (including phenoxy) is 1. The summed E-state index contributed by atoms with van der Waals surface area (Å²) >= 11 is 0. The molecule has 1 N–H and O–H groups in total. The molecule has 1 aromatic heterocycles. The summed E-state index contributed by atoms with van der Waals surface area (Å²) in [5.74, 6) is 0. The molecule has 1 saturated heterocycles. The molecule has 0 bridgehead atoms. The van der Waals surface area contributed by atoms with E-state index >= 15 is 0 Å². The van der Waals surface area contributed by atoms with Crippen molar-refractivity contribution in [3.05, 3.63) is 53.7 Å². The number of pyridine rings is 1. The molecule has 0 saturated carbocycles. The molecule has 3 nitrogen and oxygen atoms in total. The van der Waals surface area contributed by atoms with Crippen molar-refractivity contribution in [3.63, 3.8) is 0 Å². The smallest absolute Gasteiger partial charge is 0.108 e. The third-order valence-electron chi connectivity index (χ3n) is 2.95. The van der Waals surface area contributed by atoms with Crippen LogP contribution in [-0.2, 0) is 11.3 Å². The molecule has 1 unspecified atom stereocenters. The first-order valence-electron chi connectivity index (χ1n) is 5.66. The van der Waals surface area contributed by atoms with Crippen LogP contribution in [0.3, 0.4) is 0 Å². The van der Waals surface area contributed by atoms with Crippen LogP contribution in [0.2, 0.25) is 0 Å². The highest BCUT2D eigenvalue weighted by Crippen LogP contribution is 2.38. The standard InChI is InChI=1S/C14H13NO2/c16-8-11-6-7-15-14(13(11)12-9-17-12)10-4-2-1-3-5-10/h1-7,12,16H,8-9H2. The molecule has 86 valence electrons. The number of aliphatic hydroxyl groups is 1. The number of epoxide rings is 1. The lowest BCUT2D eigenvalue weighted by molar-refractivity contribution is 0.279. The molecule has 0 radical (unpaired) electrons. The van der Waals surface area contributed by atoms with Gasteiger partial charge in [0.2, 0.25) is 0 Å². The van der Waals surface area contributed by atoms with Crippen LogP contribution >= 0.6 is 0 Å². The molecular formula is C14H13NO2. The van der Waals surface area contributed by atoms with Crippen LogP contribution in [-0.4, -0.2) is 16.7 Å². The number of aliphatic hydroxyl groups excluding tert-OH is 1. The van der Waals surface area contributed by atoms with Gasteiger partial charge in [-0.15, -0.1) is 0 Å². The average molecular weight is 227 g/mol. The van der Waals surface area contributed by atoms with Gasteiger partial charge >= 0.3 is 0 Å². The molecule has 0 spiro atoms. The van der Waals surface area contributed by atoms with E-state index in [0.717, 1.165) is 29.0 Å². The largest absolute Gasteiger partial charge is 0.392 e. The summed E-state index contributed by atoms with van der Waals surface area (Å²) in [7, 11) is 0. The SMILES string of the molecule is OCc1ccnc(-c2ccccc2)c1C1CO1. The Bertz CT molecular complexity index is 521. The van der Waals surface area contributed by atoms with Gasteiger partial charge < -0.3 is 9.84 Å². The minimum Gasteiger partial charge on any atom is -0.392 e. The van der Waals surface area contributed by atoms with Crippen molar-refractivity contribution in [1.29, 1.82) is 0 Å². The predicted molar refractivity (Wildman–Crippen MR) is 64.3 cm³/mol. The number of rotatable bonds is 3. The van der Waals surface area contributed by atoms with Crippen LogP contribution in [0.4, 0.5) is 0 Å². The van der Waals surface area contributed by atoms with Gasteiger partial charge in [-0.3, -0.25) is 4.98 Å². The first-order valence-corrected chi connectivity index (χ1v) is 5.66. The summed E-state index contributed by atoms with van der Waals surface area (Å²) in [4.78, 5) is 4.43. The number of hydrogen-bond acceptors (Lipinski definition) is 3. The van der Waals surface area contributed by atoms with Gasteiger partial charge in [0.05, 0.1) is 18.9 Å². The van der Waals surface area contributed by atoms with Gasteiger partial charge in [0.1, 0.15) is 6.10 Å². The molecule has 0 amide bonds. The molecule has 3 heteroatoms. The molecule has 1 aliphatic rings. The summed E-state index contributed by atoms with van der Waals surface area (Å²) in [6.07, 6.45) is 1.83. The highest BCUT2D eigenvalue weighted by molar-refractivity contribution is 5.65. The Morgan fingerprint density at radius 2 is 2.00 bits per heavy atom. The number of aromatic nitrogens is 1. The number of nitrogens with zero attached hydrogens (tertiary/aromatic N) is 1. The van der Waals surface area contributed by atoms with Crippen molar-refractivity contribution in [1.82, 2.24) is 4.98 Å². The minimum absolute atomic E-state index is 0.0253. The predicted octanol–water partition coefficient (Wildman–Crippen LogP) is 2.31. The topological polar surface area (TPSA) is 45.7 Å². The third-order valence-corrected chi connectivity index (χ3v) is 2.95. The number of benzene rings is 1. The highest BCUT2D eigenvalue weighted by atomic mass is 16.6. The van der Waals surface area contributed by atoms with Crippen molar-refractivity contribution in [2.24, 2.45) is 0 Å². The second-order valence-corrected chi connectivity index (χ2v) is 4.08. The van der Waals surface area contributed by atoms with Crippen LogP contribution < -0.4 is 0 Å². The van der Waals surface area contributed by atoms with E-state index in [0.29, 0.717) is 0 Å². The van der Waals surface area contributed by atoms with E-state index < -0.39 is 0 Å². The van der Waals surface area contributed by atoms with Crippen molar-refractivity contribution in [3.8, 4) is 11.3 Å². The Balaban J connectivity index is 2.16. The maximum atomic E-state index is 9.38. The average Bonchev–Trinajstić information content (AvgIpc) is 3.23. The maximum Gasteiger partial charge on any atom is 0.108 e. The molecule has 2 heterocycles. The fraction of sp³-hybridized carbons (Fsp3) is 0.214. The Labute approximate surface area is 99.7 Å². The van der Waals surface area contributed by atoms with Crippen molar-refractivity contribution in [2.75, 3.05) is 6.61 Å². The maximum absolute atomic E-state index is 9.38. The van der Waals surface area contributed by atoms with E-state index in [1.807, 2.05) is 36.4 Å². The van der Waals surface area contributed by atoms with Crippen molar-refractivity contribution in [2.45, 2.75) is 12.7 Å². The molecule has 0 aliphatic carbocycles. The van der Waals surface area contributed by atoms with Crippen LogP contribution in [0.25, 0.3) is 11.3 Å². The van der Waals surface area contributed by atoms with Gasteiger partial charge in [0.25, 0.3) is 0 Å². The monoisotopic (exact) mass is 227 g/mol. The van der Waals surface area contributed by atoms with E-state index in [2.05, 4.69) is 4.98 Å².